The molecule has 10 heteroatoms. The zero-order valence-electron chi connectivity index (χ0n) is 19.8. The second-order valence-electron chi connectivity index (χ2n) is 10.1. The number of rotatable bonds is 7. The molecule has 0 amide bonds. The maximum Gasteiger partial charge on any atom is 0.416 e. The van der Waals surface area contributed by atoms with Gasteiger partial charge in [-0.25, -0.2) is 16.8 Å². The van der Waals surface area contributed by atoms with Crippen LogP contribution in [0.3, 0.4) is 0 Å². The van der Waals surface area contributed by atoms with Crippen molar-refractivity contribution in [1.82, 2.24) is 4.90 Å². The van der Waals surface area contributed by atoms with Gasteiger partial charge < -0.3 is 0 Å². The highest BCUT2D eigenvalue weighted by atomic mass is 32.2. The van der Waals surface area contributed by atoms with Gasteiger partial charge in [0, 0.05) is 6.54 Å². The third-order valence-corrected chi connectivity index (χ3v) is 12.2. The van der Waals surface area contributed by atoms with Crippen molar-refractivity contribution in [2.45, 2.75) is 72.0 Å². The Morgan fingerprint density at radius 2 is 1.46 bits per heavy atom. The fourth-order valence-corrected chi connectivity index (χ4v) is 8.24. The largest absolute Gasteiger partial charge is 0.416 e. The van der Waals surface area contributed by atoms with Crippen LogP contribution in [0.1, 0.15) is 50.7 Å². The van der Waals surface area contributed by atoms with Crippen LogP contribution in [0.15, 0.2) is 58.3 Å². The number of sulfone groups is 2. The first kappa shape index (κ1) is 26.2. The maximum atomic E-state index is 13.3. The molecule has 2 aromatic carbocycles. The fraction of sp³-hybridized carbons (Fsp3) is 0.520. The van der Waals surface area contributed by atoms with Crippen molar-refractivity contribution in [3.05, 3.63) is 59.7 Å². The van der Waals surface area contributed by atoms with Crippen molar-refractivity contribution in [3.63, 3.8) is 0 Å². The van der Waals surface area contributed by atoms with Gasteiger partial charge in [-0.2, -0.15) is 13.2 Å². The molecule has 0 radical (unpaired) electrons. The van der Waals surface area contributed by atoms with E-state index in [1.165, 1.54) is 6.07 Å². The van der Waals surface area contributed by atoms with Gasteiger partial charge in [-0.05, 0) is 94.4 Å². The van der Waals surface area contributed by atoms with E-state index in [9.17, 15) is 30.0 Å². The molecule has 0 spiro atoms. The maximum absolute atomic E-state index is 13.3. The van der Waals surface area contributed by atoms with Crippen molar-refractivity contribution in [1.29, 1.82) is 0 Å². The third kappa shape index (κ3) is 5.29. The van der Waals surface area contributed by atoms with Crippen LogP contribution < -0.4 is 0 Å². The van der Waals surface area contributed by atoms with Gasteiger partial charge in [0.25, 0.3) is 0 Å². The Morgan fingerprint density at radius 1 is 0.857 bits per heavy atom. The van der Waals surface area contributed by atoms with Gasteiger partial charge in [0.05, 0.1) is 25.4 Å². The molecular formula is C25H30F3NO4S2. The summed E-state index contributed by atoms with van der Waals surface area (Å²) < 4.78 is 89.5. The molecule has 0 N–H and O–H groups in total. The Hall–Kier alpha value is -1.91. The Bertz CT molecular complexity index is 1270. The molecule has 0 bridgehead atoms. The Balaban J connectivity index is 1.40. The number of alkyl halides is 3. The molecule has 1 saturated heterocycles. The van der Waals surface area contributed by atoms with E-state index in [0.717, 1.165) is 36.6 Å². The summed E-state index contributed by atoms with van der Waals surface area (Å²) >= 11 is 0. The highest BCUT2D eigenvalue weighted by Gasteiger charge is 2.44. The molecule has 1 saturated carbocycles. The number of piperidine rings is 1. The van der Waals surface area contributed by atoms with Gasteiger partial charge >= 0.3 is 6.18 Å². The zero-order chi connectivity index (χ0) is 25.6. The van der Waals surface area contributed by atoms with E-state index in [1.807, 2.05) is 12.1 Å². The molecule has 0 unspecified atom stereocenters. The summed E-state index contributed by atoms with van der Waals surface area (Å²) in [5.74, 6) is -0.204. The zero-order valence-corrected chi connectivity index (χ0v) is 21.4. The summed E-state index contributed by atoms with van der Waals surface area (Å²) in [6, 6.07) is 10.9. The van der Waals surface area contributed by atoms with Gasteiger partial charge in [0.2, 0.25) is 0 Å². The van der Waals surface area contributed by atoms with E-state index in [0.29, 0.717) is 37.4 Å². The molecule has 1 heterocycles. The first-order chi connectivity index (χ1) is 16.2. The molecule has 2 aliphatic rings. The number of hydrogen-bond acceptors (Lipinski definition) is 5. The number of halogens is 3. The van der Waals surface area contributed by atoms with E-state index in [2.05, 4.69) is 4.90 Å². The summed E-state index contributed by atoms with van der Waals surface area (Å²) in [6.07, 6.45) is -1.97. The SMILES string of the molecule is CC(C)(C1CCN(Cc2ccc(S(=O)(=O)C3CC3)cc2)CC1)S(=O)(=O)c1cccc(C(F)(F)F)c1. The summed E-state index contributed by atoms with van der Waals surface area (Å²) in [4.78, 5) is 2.23. The molecule has 1 aliphatic heterocycles. The van der Waals surface area contributed by atoms with E-state index in [-0.39, 0.29) is 16.1 Å². The molecule has 2 fully saturated rings. The number of nitrogens with zero attached hydrogens (tertiary/aromatic N) is 1. The van der Waals surface area contributed by atoms with Crippen LogP contribution in [0.25, 0.3) is 0 Å². The third-order valence-electron chi connectivity index (χ3n) is 7.36. The van der Waals surface area contributed by atoms with E-state index in [4.69, 9.17) is 0 Å². The topological polar surface area (TPSA) is 71.5 Å². The monoisotopic (exact) mass is 529 g/mol. The number of hydrogen-bond donors (Lipinski definition) is 0. The lowest BCUT2D eigenvalue weighted by atomic mass is 9.85. The Kier molecular flexibility index (Phi) is 6.87. The van der Waals surface area contributed by atoms with Gasteiger partial charge in [0.1, 0.15) is 0 Å². The van der Waals surface area contributed by atoms with Crippen LogP contribution in [-0.4, -0.2) is 44.8 Å². The average molecular weight is 530 g/mol. The predicted molar refractivity (Wildman–Crippen MR) is 127 cm³/mol. The van der Waals surface area contributed by atoms with Gasteiger partial charge in [-0.1, -0.05) is 18.2 Å². The lowest BCUT2D eigenvalue weighted by molar-refractivity contribution is -0.137. The summed E-state index contributed by atoms with van der Waals surface area (Å²) in [5, 5.41) is -0.247. The second-order valence-corrected chi connectivity index (χ2v) is 14.8. The van der Waals surface area contributed by atoms with Crippen LogP contribution in [0.4, 0.5) is 13.2 Å². The minimum Gasteiger partial charge on any atom is -0.299 e. The predicted octanol–water partition coefficient (Wildman–Crippen LogP) is 5.11. The highest BCUT2D eigenvalue weighted by Crippen LogP contribution is 2.40. The standard InChI is InChI=1S/C25H30F3NO4S2/c1-24(2,35(32,33)23-5-3-4-20(16-23)25(26,27)28)19-12-14-29(15-13-19)17-18-6-8-21(9-7-18)34(30,31)22-10-11-22/h3-9,16,19,22H,10-15,17H2,1-2H3. The van der Waals surface area contributed by atoms with Gasteiger partial charge in [-0.3, -0.25) is 4.90 Å². The molecule has 1 aliphatic carbocycles. The van der Waals surface area contributed by atoms with Crippen LogP contribution >= 0.6 is 0 Å². The molecule has 4 rings (SSSR count). The van der Waals surface area contributed by atoms with Crippen molar-refractivity contribution in [2.24, 2.45) is 5.92 Å². The fourth-order valence-electron chi connectivity index (χ4n) is 4.76. The van der Waals surface area contributed by atoms with Crippen LogP contribution in [0, 0.1) is 5.92 Å². The average Bonchev–Trinajstić information content (AvgIpc) is 3.65. The van der Waals surface area contributed by atoms with Crippen LogP contribution in [0.2, 0.25) is 0 Å². The highest BCUT2D eigenvalue weighted by molar-refractivity contribution is 7.93. The Morgan fingerprint density at radius 3 is 2.00 bits per heavy atom. The lowest BCUT2D eigenvalue weighted by Gasteiger charge is -2.40. The second kappa shape index (κ2) is 9.19. The van der Waals surface area contributed by atoms with E-state index < -0.39 is 36.2 Å². The number of benzene rings is 2. The van der Waals surface area contributed by atoms with Crippen molar-refractivity contribution < 1.29 is 30.0 Å². The van der Waals surface area contributed by atoms with Crippen LogP contribution in [-0.2, 0) is 32.4 Å². The first-order valence-corrected chi connectivity index (χ1v) is 14.7. The van der Waals surface area contributed by atoms with E-state index in [1.54, 1.807) is 26.0 Å². The molecule has 192 valence electrons. The van der Waals surface area contributed by atoms with Crippen molar-refractivity contribution in [3.8, 4) is 0 Å². The molecule has 5 nitrogen and oxygen atoms in total. The Labute approximate surface area is 205 Å². The normalized spacial score (nSPS) is 19.1. The summed E-state index contributed by atoms with van der Waals surface area (Å²) in [7, 11) is -7.21. The molecule has 35 heavy (non-hydrogen) atoms. The smallest absolute Gasteiger partial charge is 0.299 e. The lowest BCUT2D eigenvalue weighted by Crippen LogP contribution is -2.46. The van der Waals surface area contributed by atoms with Crippen molar-refractivity contribution in [2.75, 3.05) is 13.1 Å². The molecule has 0 atom stereocenters. The van der Waals surface area contributed by atoms with Crippen molar-refractivity contribution >= 4 is 19.7 Å². The van der Waals surface area contributed by atoms with Crippen LogP contribution in [0.5, 0.6) is 0 Å². The first-order valence-electron chi connectivity index (χ1n) is 11.7. The minimum atomic E-state index is -4.61. The summed E-state index contributed by atoms with van der Waals surface area (Å²) in [5.41, 5.74) is 0.00851. The summed E-state index contributed by atoms with van der Waals surface area (Å²) in [6.45, 7) is 5.11. The quantitative estimate of drug-likeness (QED) is 0.499. The molecular weight excluding hydrogens is 499 g/mol. The van der Waals surface area contributed by atoms with Gasteiger partial charge in [0.15, 0.2) is 19.7 Å². The minimum absolute atomic E-state index is 0.204. The van der Waals surface area contributed by atoms with E-state index >= 15 is 0 Å². The van der Waals surface area contributed by atoms with Gasteiger partial charge in [-0.15, -0.1) is 0 Å². The molecule has 2 aromatic rings. The number of likely N-dealkylation sites (tertiary alicyclic amines) is 1. The molecule has 0 aromatic heterocycles.